The fourth-order valence-electron chi connectivity index (χ4n) is 2.54. The number of hydrogen-bond donors (Lipinski definition) is 0. The van der Waals surface area contributed by atoms with Crippen LogP contribution in [0.1, 0.15) is 25.7 Å². The molecule has 0 aliphatic carbocycles. The van der Waals surface area contributed by atoms with E-state index in [1.54, 1.807) is 12.4 Å². The molecule has 0 radical (unpaired) electrons. The Morgan fingerprint density at radius 3 is 3.00 bits per heavy atom. The van der Waals surface area contributed by atoms with Crippen LogP contribution in [0.5, 0.6) is 0 Å². The van der Waals surface area contributed by atoms with E-state index in [2.05, 4.69) is 22.0 Å². The van der Waals surface area contributed by atoms with Crippen LogP contribution in [0, 0.1) is 0 Å². The highest BCUT2D eigenvalue weighted by Gasteiger charge is 2.23. The van der Waals surface area contributed by atoms with Crippen molar-refractivity contribution in [2.24, 2.45) is 0 Å². The van der Waals surface area contributed by atoms with Crippen LogP contribution < -0.4 is 0 Å². The lowest BCUT2D eigenvalue weighted by molar-refractivity contribution is -0.138. The summed E-state index contributed by atoms with van der Waals surface area (Å²) in [4.78, 5) is 22.4. The van der Waals surface area contributed by atoms with Gasteiger partial charge >= 0.3 is 0 Å². The largest absolute Gasteiger partial charge is 0.375 e. The van der Waals surface area contributed by atoms with Gasteiger partial charge in [0, 0.05) is 43.9 Å². The summed E-state index contributed by atoms with van der Waals surface area (Å²) in [6.45, 7) is 4.00. The molecular formula is C16H20N4O3. The molecule has 3 rings (SSSR count). The first-order chi connectivity index (χ1) is 11.3. The van der Waals surface area contributed by atoms with E-state index in [1.165, 1.54) is 0 Å². The second kappa shape index (κ2) is 7.32. The molecule has 3 heterocycles. The SMILES string of the molecule is CC[C@H]1CN(C(=O)CCc2nc(-c3ccncc3)no2)CCO1. The van der Waals surface area contributed by atoms with E-state index in [9.17, 15) is 4.79 Å². The molecule has 1 aliphatic heterocycles. The number of carbonyl (C=O) groups excluding carboxylic acids is 1. The molecule has 2 aromatic heterocycles. The van der Waals surface area contributed by atoms with Gasteiger partial charge in [0.2, 0.25) is 17.6 Å². The molecule has 2 aromatic rings. The van der Waals surface area contributed by atoms with Crippen LogP contribution in [0.25, 0.3) is 11.4 Å². The molecule has 0 spiro atoms. The molecule has 1 aliphatic rings. The van der Waals surface area contributed by atoms with Crippen molar-refractivity contribution in [2.45, 2.75) is 32.3 Å². The lowest BCUT2D eigenvalue weighted by Crippen LogP contribution is -2.45. The maximum atomic E-state index is 12.3. The number of aromatic nitrogens is 3. The first-order valence-electron chi connectivity index (χ1n) is 7.88. The Hall–Kier alpha value is -2.28. The molecule has 1 fully saturated rings. The predicted molar refractivity (Wildman–Crippen MR) is 82.5 cm³/mol. The van der Waals surface area contributed by atoms with Gasteiger partial charge in [0.25, 0.3) is 0 Å². The summed E-state index contributed by atoms with van der Waals surface area (Å²) in [5.74, 6) is 1.10. The lowest BCUT2D eigenvalue weighted by atomic mass is 10.2. The van der Waals surface area contributed by atoms with Crippen molar-refractivity contribution in [1.29, 1.82) is 0 Å². The maximum absolute atomic E-state index is 12.3. The molecule has 1 amide bonds. The minimum absolute atomic E-state index is 0.107. The number of carbonyl (C=O) groups is 1. The Morgan fingerprint density at radius 1 is 1.39 bits per heavy atom. The van der Waals surface area contributed by atoms with Gasteiger partial charge in [-0.15, -0.1) is 0 Å². The fraction of sp³-hybridized carbons (Fsp3) is 0.500. The molecule has 0 bridgehead atoms. The average molecular weight is 316 g/mol. The van der Waals surface area contributed by atoms with Gasteiger partial charge in [-0.05, 0) is 18.6 Å². The van der Waals surface area contributed by atoms with Crippen LogP contribution in [0.2, 0.25) is 0 Å². The number of hydrogen-bond acceptors (Lipinski definition) is 6. The Kier molecular flexibility index (Phi) is 4.97. The summed E-state index contributed by atoms with van der Waals surface area (Å²) < 4.78 is 10.8. The number of ether oxygens (including phenoxy) is 1. The van der Waals surface area contributed by atoms with Crippen molar-refractivity contribution < 1.29 is 14.1 Å². The van der Waals surface area contributed by atoms with E-state index in [4.69, 9.17) is 9.26 Å². The van der Waals surface area contributed by atoms with Gasteiger partial charge < -0.3 is 14.2 Å². The van der Waals surface area contributed by atoms with Crippen LogP contribution >= 0.6 is 0 Å². The number of morpholine rings is 1. The van der Waals surface area contributed by atoms with E-state index in [0.29, 0.717) is 44.3 Å². The van der Waals surface area contributed by atoms with Crippen molar-refractivity contribution in [3.8, 4) is 11.4 Å². The topological polar surface area (TPSA) is 81.4 Å². The molecule has 23 heavy (non-hydrogen) atoms. The summed E-state index contributed by atoms with van der Waals surface area (Å²) in [5.41, 5.74) is 0.847. The summed E-state index contributed by atoms with van der Waals surface area (Å²) in [6, 6.07) is 3.64. The molecule has 0 unspecified atom stereocenters. The van der Waals surface area contributed by atoms with Crippen LogP contribution in [0.3, 0.4) is 0 Å². The molecule has 1 atom stereocenters. The van der Waals surface area contributed by atoms with Crippen molar-refractivity contribution in [1.82, 2.24) is 20.0 Å². The van der Waals surface area contributed by atoms with Gasteiger partial charge in [0.1, 0.15) is 0 Å². The smallest absolute Gasteiger partial charge is 0.227 e. The summed E-state index contributed by atoms with van der Waals surface area (Å²) in [5, 5.41) is 3.94. The van der Waals surface area contributed by atoms with Crippen LogP contribution in [-0.2, 0) is 16.0 Å². The van der Waals surface area contributed by atoms with Crippen molar-refractivity contribution >= 4 is 5.91 Å². The monoisotopic (exact) mass is 316 g/mol. The summed E-state index contributed by atoms with van der Waals surface area (Å²) in [7, 11) is 0. The fourth-order valence-corrected chi connectivity index (χ4v) is 2.54. The number of nitrogens with zero attached hydrogens (tertiary/aromatic N) is 4. The van der Waals surface area contributed by atoms with E-state index < -0.39 is 0 Å². The second-order valence-corrected chi connectivity index (χ2v) is 5.49. The van der Waals surface area contributed by atoms with Crippen LogP contribution in [0.15, 0.2) is 29.0 Å². The van der Waals surface area contributed by atoms with E-state index >= 15 is 0 Å². The quantitative estimate of drug-likeness (QED) is 0.835. The minimum Gasteiger partial charge on any atom is -0.375 e. The van der Waals surface area contributed by atoms with Crippen LogP contribution in [0.4, 0.5) is 0 Å². The Morgan fingerprint density at radius 2 is 2.22 bits per heavy atom. The second-order valence-electron chi connectivity index (χ2n) is 5.49. The van der Waals surface area contributed by atoms with Gasteiger partial charge in [-0.2, -0.15) is 4.98 Å². The highest BCUT2D eigenvalue weighted by Crippen LogP contribution is 2.15. The van der Waals surface area contributed by atoms with E-state index in [0.717, 1.165) is 12.0 Å². The highest BCUT2D eigenvalue weighted by atomic mass is 16.5. The maximum Gasteiger partial charge on any atom is 0.227 e. The van der Waals surface area contributed by atoms with Gasteiger partial charge in [-0.1, -0.05) is 12.1 Å². The van der Waals surface area contributed by atoms with Gasteiger partial charge in [-0.3, -0.25) is 9.78 Å². The van der Waals surface area contributed by atoms with Crippen molar-refractivity contribution in [3.63, 3.8) is 0 Å². The zero-order valence-corrected chi connectivity index (χ0v) is 13.1. The van der Waals surface area contributed by atoms with E-state index in [1.807, 2.05) is 17.0 Å². The number of rotatable bonds is 5. The van der Waals surface area contributed by atoms with Gasteiger partial charge in [-0.25, -0.2) is 0 Å². The Balaban J connectivity index is 1.54. The molecule has 0 aromatic carbocycles. The number of aryl methyl sites for hydroxylation is 1. The van der Waals surface area contributed by atoms with Gasteiger partial charge in [0.05, 0.1) is 12.7 Å². The minimum atomic E-state index is 0.107. The molecule has 0 saturated carbocycles. The Labute approximate surface area is 134 Å². The molecule has 7 nitrogen and oxygen atoms in total. The lowest BCUT2D eigenvalue weighted by Gasteiger charge is -2.32. The number of pyridine rings is 1. The van der Waals surface area contributed by atoms with Crippen molar-refractivity contribution in [2.75, 3.05) is 19.7 Å². The van der Waals surface area contributed by atoms with Crippen molar-refractivity contribution in [3.05, 3.63) is 30.4 Å². The summed E-state index contributed by atoms with van der Waals surface area (Å²) >= 11 is 0. The molecule has 0 N–H and O–H groups in total. The molecule has 122 valence electrons. The molecule has 1 saturated heterocycles. The molecular weight excluding hydrogens is 296 g/mol. The molecule has 7 heteroatoms. The first kappa shape index (κ1) is 15.6. The third kappa shape index (κ3) is 3.92. The first-order valence-corrected chi connectivity index (χ1v) is 7.88. The highest BCUT2D eigenvalue weighted by molar-refractivity contribution is 5.76. The Bertz CT molecular complexity index is 644. The van der Waals surface area contributed by atoms with Crippen LogP contribution in [-0.4, -0.2) is 51.7 Å². The zero-order chi connectivity index (χ0) is 16.1. The zero-order valence-electron chi connectivity index (χ0n) is 13.1. The summed E-state index contributed by atoms with van der Waals surface area (Å²) in [6.07, 6.45) is 5.24. The number of amides is 1. The van der Waals surface area contributed by atoms with Gasteiger partial charge in [0.15, 0.2) is 0 Å². The standard InChI is InChI=1S/C16H20N4O3/c1-2-13-11-20(9-10-22-13)15(21)4-3-14-18-16(19-23-14)12-5-7-17-8-6-12/h5-8,13H,2-4,9-11H2,1H3/t13-/m0/s1. The third-order valence-corrected chi connectivity index (χ3v) is 3.91. The third-order valence-electron chi connectivity index (χ3n) is 3.91. The van der Waals surface area contributed by atoms with E-state index in [-0.39, 0.29) is 12.0 Å². The average Bonchev–Trinajstić information content (AvgIpc) is 3.09. The predicted octanol–water partition coefficient (Wildman–Crippen LogP) is 1.70. The normalized spacial score (nSPS) is 18.1.